The van der Waals surface area contributed by atoms with Crippen molar-refractivity contribution in [1.29, 1.82) is 0 Å². The van der Waals surface area contributed by atoms with E-state index in [1.165, 1.54) is 0 Å². The molecule has 0 aliphatic rings. The summed E-state index contributed by atoms with van der Waals surface area (Å²) in [4.78, 5) is 13.1. The predicted octanol–water partition coefficient (Wildman–Crippen LogP) is 1.79. The molecule has 3 heterocycles. The summed E-state index contributed by atoms with van der Waals surface area (Å²) in [5.74, 6) is 1.75. The van der Waals surface area contributed by atoms with Gasteiger partial charge in [0.15, 0.2) is 5.82 Å². The fraction of sp³-hybridized carbons (Fsp3) is 0.333. The standard InChI is InChI=1S/C15H18N8/c1-3-10-11(4-2)20-23-15(18-10)17-9-13-19-14(22-21-13)12-7-5-6-8-16-12/h5-8H,3-4,9H2,1-2H3,(H,17,18,23)(H,19,21,22). The minimum Gasteiger partial charge on any atom is -0.346 e. The Morgan fingerprint density at radius 3 is 2.65 bits per heavy atom. The van der Waals surface area contributed by atoms with Gasteiger partial charge in [-0.2, -0.15) is 10.2 Å². The van der Waals surface area contributed by atoms with E-state index in [9.17, 15) is 0 Å². The van der Waals surface area contributed by atoms with Gasteiger partial charge in [-0.1, -0.05) is 19.9 Å². The summed E-state index contributed by atoms with van der Waals surface area (Å²) in [6.07, 6.45) is 3.38. The normalized spacial score (nSPS) is 10.7. The lowest BCUT2D eigenvalue weighted by Crippen LogP contribution is -2.10. The lowest BCUT2D eigenvalue weighted by molar-refractivity contribution is 0.814. The maximum atomic E-state index is 4.48. The topological polar surface area (TPSA) is 105 Å². The van der Waals surface area contributed by atoms with Gasteiger partial charge >= 0.3 is 0 Å². The van der Waals surface area contributed by atoms with Crippen LogP contribution in [0, 0.1) is 0 Å². The Morgan fingerprint density at radius 1 is 1.04 bits per heavy atom. The van der Waals surface area contributed by atoms with E-state index in [0.717, 1.165) is 29.9 Å². The van der Waals surface area contributed by atoms with Gasteiger partial charge in [0.25, 0.3) is 0 Å². The zero-order valence-electron chi connectivity index (χ0n) is 13.1. The average Bonchev–Trinajstić information content (AvgIpc) is 3.09. The second-order valence-electron chi connectivity index (χ2n) is 4.91. The fourth-order valence-electron chi connectivity index (χ4n) is 2.16. The number of rotatable bonds is 6. The van der Waals surface area contributed by atoms with Crippen molar-refractivity contribution in [1.82, 2.24) is 35.3 Å². The van der Waals surface area contributed by atoms with Gasteiger partial charge in [0.1, 0.15) is 11.5 Å². The maximum absolute atomic E-state index is 4.48. The molecule has 2 N–H and O–H groups in total. The van der Waals surface area contributed by atoms with Crippen LogP contribution in [0.2, 0.25) is 0 Å². The molecular formula is C15H18N8. The van der Waals surface area contributed by atoms with Crippen molar-refractivity contribution in [3.8, 4) is 11.5 Å². The van der Waals surface area contributed by atoms with E-state index in [1.807, 2.05) is 25.1 Å². The Hall–Kier alpha value is -2.90. The highest BCUT2D eigenvalue weighted by molar-refractivity contribution is 5.47. The smallest absolute Gasteiger partial charge is 0.243 e. The van der Waals surface area contributed by atoms with Crippen LogP contribution in [-0.4, -0.2) is 35.3 Å². The molecule has 0 saturated heterocycles. The molecule has 0 unspecified atom stereocenters. The molecule has 3 aromatic heterocycles. The van der Waals surface area contributed by atoms with E-state index >= 15 is 0 Å². The monoisotopic (exact) mass is 310 g/mol. The number of nitrogens with zero attached hydrogens (tertiary/aromatic N) is 6. The molecule has 0 spiro atoms. The summed E-state index contributed by atoms with van der Waals surface area (Å²) in [6, 6.07) is 5.62. The molecule has 8 nitrogen and oxygen atoms in total. The Balaban J connectivity index is 1.68. The van der Waals surface area contributed by atoms with Crippen LogP contribution in [0.4, 0.5) is 5.95 Å². The molecule has 0 aliphatic heterocycles. The van der Waals surface area contributed by atoms with Crippen molar-refractivity contribution in [3.05, 3.63) is 41.6 Å². The summed E-state index contributed by atoms with van der Waals surface area (Å²) >= 11 is 0. The maximum Gasteiger partial charge on any atom is 0.243 e. The molecule has 3 rings (SSSR count). The van der Waals surface area contributed by atoms with Gasteiger partial charge < -0.3 is 5.32 Å². The van der Waals surface area contributed by atoms with E-state index in [0.29, 0.717) is 24.1 Å². The Bertz CT molecular complexity index is 768. The first-order valence-electron chi connectivity index (χ1n) is 7.59. The number of anilines is 1. The number of hydrogen-bond acceptors (Lipinski definition) is 7. The molecule has 23 heavy (non-hydrogen) atoms. The molecule has 0 bridgehead atoms. The average molecular weight is 310 g/mol. The lowest BCUT2D eigenvalue weighted by atomic mass is 10.2. The van der Waals surface area contributed by atoms with Crippen LogP contribution >= 0.6 is 0 Å². The van der Waals surface area contributed by atoms with Crippen molar-refractivity contribution in [2.75, 3.05) is 5.32 Å². The van der Waals surface area contributed by atoms with Crippen molar-refractivity contribution >= 4 is 5.95 Å². The van der Waals surface area contributed by atoms with E-state index in [2.05, 4.69) is 47.6 Å². The highest BCUT2D eigenvalue weighted by atomic mass is 15.3. The number of aromatic nitrogens is 7. The minimum absolute atomic E-state index is 0.441. The lowest BCUT2D eigenvalue weighted by Gasteiger charge is -2.06. The summed E-state index contributed by atoms with van der Waals surface area (Å²) in [6.45, 7) is 4.55. The third kappa shape index (κ3) is 3.47. The molecule has 0 fully saturated rings. The summed E-state index contributed by atoms with van der Waals surface area (Å²) < 4.78 is 0. The second kappa shape index (κ2) is 6.91. The molecule has 0 amide bonds. The van der Waals surface area contributed by atoms with Crippen LogP contribution in [0.3, 0.4) is 0 Å². The van der Waals surface area contributed by atoms with E-state index in [4.69, 9.17) is 0 Å². The fourth-order valence-corrected chi connectivity index (χ4v) is 2.16. The summed E-state index contributed by atoms with van der Waals surface area (Å²) in [5, 5.41) is 18.5. The molecule has 3 aromatic rings. The number of nitrogens with one attached hydrogen (secondary N) is 2. The number of hydrogen-bond donors (Lipinski definition) is 2. The van der Waals surface area contributed by atoms with E-state index in [-0.39, 0.29) is 0 Å². The second-order valence-corrected chi connectivity index (χ2v) is 4.91. The van der Waals surface area contributed by atoms with Gasteiger partial charge in [-0.15, -0.1) is 5.10 Å². The molecular weight excluding hydrogens is 292 g/mol. The van der Waals surface area contributed by atoms with Crippen LogP contribution in [-0.2, 0) is 19.4 Å². The first kappa shape index (κ1) is 15.0. The van der Waals surface area contributed by atoms with Gasteiger partial charge in [-0.05, 0) is 25.0 Å². The number of H-pyrrole nitrogens is 1. The largest absolute Gasteiger partial charge is 0.346 e. The zero-order valence-corrected chi connectivity index (χ0v) is 13.1. The van der Waals surface area contributed by atoms with Crippen molar-refractivity contribution in [2.24, 2.45) is 0 Å². The van der Waals surface area contributed by atoms with Crippen molar-refractivity contribution < 1.29 is 0 Å². The number of pyridine rings is 1. The molecule has 0 radical (unpaired) electrons. The Morgan fingerprint density at radius 2 is 1.91 bits per heavy atom. The van der Waals surface area contributed by atoms with Crippen LogP contribution in [0.5, 0.6) is 0 Å². The summed E-state index contributed by atoms with van der Waals surface area (Å²) in [7, 11) is 0. The molecule has 0 aliphatic carbocycles. The Labute approximate surface area is 133 Å². The molecule has 0 aromatic carbocycles. The van der Waals surface area contributed by atoms with Gasteiger partial charge in [-0.3, -0.25) is 10.1 Å². The molecule has 118 valence electrons. The third-order valence-electron chi connectivity index (χ3n) is 3.35. The highest BCUT2D eigenvalue weighted by Gasteiger charge is 2.09. The quantitative estimate of drug-likeness (QED) is 0.715. The molecule has 0 atom stereocenters. The molecule has 0 saturated carbocycles. The van der Waals surface area contributed by atoms with Crippen molar-refractivity contribution in [3.63, 3.8) is 0 Å². The first-order chi connectivity index (χ1) is 11.3. The number of aryl methyl sites for hydroxylation is 2. The van der Waals surface area contributed by atoms with Crippen molar-refractivity contribution in [2.45, 2.75) is 33.2 Å². The molecule has 8 heteroatoms. The van der Waals surface area contributed by atoms with Gasteiger partial charge in [0.05, 0.1) is 17.9 Å². The Kier molecular flexibility index (Phi) is 4.51. The number of aromatic amines is 1. The van der Waals surface area contributed by atoms with Crippen LogP contribution < -0.4 is 5.32 Å². The van der Waals surface area contributed by atoms with Crippen LogP contribution in [0.15, 0.2) is 24.4 Å². The minimum atomic E-state index is 0.441. The van der Waals surface area contributed by atoms with E-state index < -0.39 is 0 Å². The zero-order chi connectivity index (χ0) is 16.1. The SMILES string of the molecule is CCc1nnc(NCc2nc(-c3ccccn3)n[nH]2)nc1CC. The van der Waals surface area contributed by atoms with E-state index in [1.54, 1.807) is 6.20 Å². The van der Waals surface area contributed by atoms with Crippen LogP contribution in [0.25, 0.3) is 11.5 Å². The third-order valence-corrected chi connectivity index (χ3v) is 3.35. The van der Waals surface area contributed by atoms with Gasteiger partial charge in [-0.25, -0.2) is 9.97 Å². The summed E-state index contributed by atoms with van der Waals surface area (Å²) in [5.41, 5.74) is 2.64. The first-order valence-corrected chi connectivity index (χ1v) is 7.59. The predicted molar refractivity (Wildman–Crippen MR) is 85.5 cm³/mol. The van der Waals surface area contributed by atoms with Gasteiger partial charge in [0.2, 0.25) is 5.95 Å². The van der Waals surface area contributed by atoms with Crippen LogP contribution in [0.1, 0.15) is 31.1 Å². The van der Waals surface area contributed by atoms with Gasteiger partial charge in [0, 0.05) is 6.20 Å². The highest BCUT2D eigenvalue weighted by Crippen LogP contribution is 2.11.